The minimum atomic E-state index is -2.13. The summed E-state index contributed by atoms with van der Waals surface area (Å²) in [6, 6.07) is 18.9. The molecule has 208 valence electrons. The van der Waals surface area contributed by atoms with Crippen LogP contribution in [0.2, 0.25) is 18.1 Å². The van der Waals surface area contributed by atoms with E-state index in [9.17, 15) is 10.1 Å². The molecule has 0 amide bonds. The van der Waals surface area contributed by atoms with Gasteiger partial charge in [-0.15, -0.1) is 0 Å². The van der Waals surface area contributed by atoms with E-state index in [0.29, 0.717) is 31.1 Å². The number of hydrogen-bond donors (Lipinski definition) is 0. The van der Waals surface area contributed by atoms with E-state index < -0.39 is 20.2 Å². The number of carbonyl (C=O) groups is 1. The molecule has 3 rings (SSSR count). The fourth-order valence-corrected chi connectivity index (χ4v) is 5.71. The van der Waals surface area contributed by atoms with E-state index in [1.807, 2.05) is 60.7 Å². The van der Waals surface area contributed by atoms with Crippen molar-refractivity contribution in [3.63, 3.8) is 0 Å². The van der Waals surface area contributed by atoms with Crippen molar-refractivity contribution in [3.05, 3.63) is 75.8 Å². The van der Waals surface area contributed by atoms with E-state index in [-0.39, 0.29) is 32.2 Å². The smallest absolute Gasteiger partial charge is 0.335 e. The van der Waals surface area contributed by atoms with Gasteiger partial charge in [0.15, 0.2) is 8.32 Å². The standard InChI is InChI=1S/C30H35Cl2NO5Si/c1-30(2,3)39(5,6)37-19-20(25-26(29(34)35-4)24(18-33)27(31)28(25)32)15-16-36-22-13-10-14-23(17-22)38-21-11-8-7-9-12-21/h7-14,17,20,25H,15-16,19H2,1-6H3. The average Bonchev–Trinajstić information content (AvgIpc) is 3.15. The van der Waals surface area contributed by atoms with Gasteiger partial charge < -0.3 is 18.6 Å². The number of para-hydroxylation sites is 1. The summed E-state index contributed by atoms with van der Waals surface area (Å²) < 4.78 is 23.6. The molecular formula is C30H35Cl2NO5Si. The first-order valence-electron chi connectivity index (χ1n) is 12.8. The number of nitrogens with zero attached hydrogens (tertiary/aromatic N) is 1. The van der Waals surface area contributed by atoms with Gasteiger partial charge in [-0.1, -0.05) is 68.2 Å². The van der Waals surface area contributed by atoms with Gasteiger partial charge in [0, 0.05) is 23.6 Å². The van der Waals surface area contributed by atoms with Crippen LogP contribution in [0, 0.1) is 23.2 Å². The Morgan fingerprint density at radius 3 is 2.31 bits per heavy atom. The summed E-state index contributed by atoms with van der Waals surface area (Å²) >= 11 is 13.1. The molecule has 0 aromatic heterocycles. The quantitative estimate of drug-likeness (QED) is 0.195. The summed E-state index contributed by atoms with van der Waals surface area (Å²) in [6.07, 6.45) is 0.489. The largest absolute Gasteiger partial charge is 0.493 e. The van der Waals surface area contributed by atoms with Gasteiger partial charge in [0.25, 0.3) is 0 Å². The lowest BCUT2D eigenvalue weighted by atomic mass is 9.85. The molecule has 9 heteroatoms. The molecular weight excluding hydrogens is 553 g/mol. The van der Waals surface area contributed by atoms with Crippen LogP contribution < -0.4 is 9.47 Å². The fraction of sp³-hybridized carbons (Fsp3) is 0.400. The first-order valence-corrected chi connectivity index (χ1v) is 16.4. The molecule has 2 aromatic carbocycles. The number of benzene rings is 2. The number of halogens is 2. The molecule has 0 bridgehead atoms. The second-order valence-electron chi connectivity index (χ2n) is 10.9. The van der Waals surface area contributed by atoms with Crippen molar-refractivity contribution in [1.82, 2.24) is 0 Å². The van der Waals surface area contributed by atoms with E-state index in [2.05, 4.69) is 33.9 Å². The van der Waals surface area contributed by atoms with E-state index in [0.717, 1.165) is 5.75 Å². The molecule has 0 radical (unpaired) electrons. The van der Waals surface area contributed by atoms with Crippen molar-refractivity contribution in [2.45, 2.75) is 45.3 Å². The summed E-state index contributed by atoms with van der Waals surface area (Å²) in [5.74, 6) is 0.466. The van der Waals surface area contributed by atoms with E-state index in [1.54, 1.807) is 0 Å². The van der Waals surface area contributed by atoms with Crippen molar-refractivity contribution in [2.24, 2.45) is 11.8 Å². The minimum Gasteiger partial charge on any atom is -0.493 e. The summed E-state index contributed by atoms with van der Waals surface area (Å²) in [4.78, 5) is 12.8. The van der Waals surface area contributed by atoms with Crippen molar-refractivity contribution in [2.75, 3.05) is 20.3 Å². The summed E-state index contributed by atoms with van der Waals surface area (Å²) in [7, 11) is -0.861. The van der Waals surface area contributed by atoms with Crippen LogP contribution in [0.3, 0.4) is 0 Å². The van der Waals surface area contributed by atoms with Gasteiger partial charge in [-0.05, 0) is 54.7 Å². The lowest BCUT2D eigenvalue weighted by Crippen LogP contribution is -2.43. The van der Waals surface area contributed by atoms with Crippen LogP contribution in [0.5, 0.6) is 17.2 Å². The molecule has 0 aliphatic heterocycles. The molecule has 6 nitrogen and oxygen atoms in total. The monoisotopic (exact) mass is 587 g/mol. The third-order valence-corrected chi connectivity index (χ3v) is 12.7. The Morgan fingerprint density at radius 1 is 1.05 bits per heavy atom. The van der Waals surface area contributed by atoms with Gasteiger partial charge in [-0.25, -0.2) is 4.79 Å². The first-order chi connectivity index (χ1) is 18.4. The Hall–Kier alpha value is -2.76. The molecule has 2 atom stereocenters. The summed E-state index contributed by atoms with van der Waals surface area (Å²) in [5.41, 5.74) is 0.208. The SMILES string of the molecule is COC(=O)C1=C(C#N)C(Cl)=C(Cl)C1C(CCOc1cccc(Oc2ccccc2)c1)CO[Si](C)(C)C(C)(C)C. The Morgan fingerprint density at radius 2 is 1.69 bits per heavy atom. The van der Waals surface area contributed by atoms with Crippen LogP contribution in [0.4, 0.5) is 0 Å². The predicted molar refractivity (Wildman–Crippen MR) is 157 cm³/mol. The Kier molecular flexibility index (Phi) is 10.3. The van der Waals surface area contributed by atoms with Crippen molar-refractivity contribution in [3.8, 4) is 23.3 Å². The maximum atomic E-state index is 12.8. The highest BCUT2D eigenvalue weighted by Crippen LogP contribution is 2.47. The summed E-state index contributed by atoms with van der Waals surface area (Å²) in [5, 5.41) is 10.0. The molecule has 0 N–H and O–H groups in total. The molecule has 0 fully saturated rings. The van der Waals surface area contributed by atoms with Crippen LogP contribution in [0.15, 0.2) is 75.8 Å². The van der Waals surface area contributed by atoms with Crippen LogP contribution in [-0.2, 0) is 14.0 Å². The highest BCUT2D eigenvalue weighted by molar-refractivity contribution is 6.74. The van der Waals surface area contributed by atoms with Gasteiger partial charge in [0.2, 0.25) is 0 Å². The van der Waals surface area contributed by atoms with Crippen LogP contribution in [-0.4, -0.2) is 34.6 Å². The Bertz CT molecular complexity index is 1280. The number of nitriles is 1. The van der Waals surface area contributed by atoms with E-state index >= 15 is 0 Å². The van der Waals surface area contributed by atoms with Gasteiger partial charge in [-0.2, -0.15) is 5.26 Å². The zero-order valence-electron chi connectivity index (χ0n) is 23.2. The number of ether oxygens (including phenoxy) is 3. The highest BCUT2D eigenvalue weighted by atomic mass is 35.5. The minimum absolute atomic E-state index is 0.0149. The second kappa shape index (κ2) is 13.1. The highest BCUT2D eigenvalue weighted by Gasteiger charge is 2.44. The number of methoxy groups -OCH3 is 1. The van der Waals surface area contributed by atoms with Gasteiger partial charge in [0.1, 0.15) is 23.3 Å². The first kappa shape index (κ1) is 30.8. The Balaban J connectivity index is 1.82. The third-order valence-electron chi connectivity index (χ3n) is 7.28. The number of rotatable bonds is 11. The number of esters is 1. The van der Waals surface area contributed by atoms with E-state index in [4.69, 9.17) is 41.8 Å². The molecule has 39 heavy (non-hydrogen) atoms. The normalized spacial score (nSPS) is 16.6. The molecule has 0 saturated heterocycles. The number of carbonyl (C=O) groups excluding carboxylic acids is 1. The molecule has 0 spiro atoms. The van der Waals surface area contributed by atoms with Gasteiger partial charge >= 0.3 is 5.97 Å². The second-order valence-corrected chi connectivity index (χ2v) is 16.5. The molecule has 2 aromatic rings. The lowest BCUT2D eigenvalue weighted by Gasteiger charge is -2.38. The summed E-state index contributed by atoms with van der Waals surface area (Å²) in [6.45, 7) is 11.4. The average molecular weight is 589 g/mol. The lowest BCUT2D eigenvalue weighted by molar-refractivity contribution is -0.136. The topological polar surface area (TPSA) is 77.8 Å². The number of hydrogen-bond acceptors (Lipinski definition) is 6. The number of allylic oxidation sites excluding steroid dienone is 3. The fourth-order valence-electron chi connectivity index (χ4n) is 4.01. The Labute approximate surface area is 242 Å². The molecule has 1 aliphatic rings. The van der Waals surface area contributed by atoms with Crippen molar-refractivity contribution < 1.29 is 23.4 Å². The maximum Gasteiger partial charge on any atom is 0.335 e. The molecule has 2 unspecified atom stereocenters. The maximum absolute atomic E-state index is 12.8. The van der Waals surface area contributed by atoms with E-state index in [1.165, 1.54) is 7.11 Å². The van der Waals surface area contributed by atoms with Crippen LogP contribution >= 0.6 is 23.2 Å². The molecule has 0 heterocycles. The molecule has 0 saturated carbocycles. The van der Waals surface area contributed by atoms with Gasteiger partial charge in [0.05, 0.1) is 29.9 Å². The van der Waals surface area contributed by atoms with Crippen molar-refractivity contribution in [1.29, 1.82) is 5.26 Å². The zero-order chi connectivity index (χ0) is 28.8. The van der Waals surface area contributed by atoms with Crippen LogP contribution in [0.25, 0.3) is 0 Å². The van der Waals surface area contributed by atoms with Gasteiger partial charge in [-0.3, -0.25) is 0 Å². The van der Waals surface area contributed by atoms with Crippen LogP contribution in [0.1, 0.15) is 27.2 Å². The predicted octanol–water partition coefficient (Wildman–Crippen LogP) is 8.20. The zero-order valence-corrected chi connectivity index (χ0v) is 25.7. The third kappa shape index (κ3) is 7.46. The molecule has 1 aliphatic carbocycles. The van der Waals surface area contributed by atoms with Crippen molar-refractivity contribution >= 4 is 37.5 Å².